The predicted octanol–water partition coefficient (Wildman–Crippen LogP) is 18.9. The van der Waals surface area contributed by atoms with E-state index in [1.807, 2.05) is 0 Å². The molecule has 0 heterocycles. The Balaban J connectivity index is 4.38. The Labute approximate surface area is 404 Å². The van der Waals surface area contributed by atoms with Crippen LogP contribution in [0.15, 0.2) is 36.5 Å². The van der Waals surface area contributed by atoms with Crippen molar-refractivity contribution in [2.45, 2.75) is 309 Å². The van der Waals surface area contributed by atoms with Crippen LogP contribution in [-0.2, 0) is 28.6 Å². The Morgan fingerprint density at radius 1 is 0.308 bits per heavy atom. The number of carbonyl (C=O) groups excluding carboxylic acids is 3. The minimum absolute atomic E-state index is 0.0766. The van der Waals surface area contributed by atoms with Crippen molar-refractivity contribution in [2.24, 2.45) is 0 Å². The van der Waals surface area contributed by atoms with Gasteiger partial charge in [0.25, 0.3) is 0 Å². The third kappa shape index (κ3) is 52.5. The van der Waals surface area contributed by atoms with Gasteiger partial charge < -0.3 is 14.2 Å². The summed E-state index contributed by atoms with van der Waals surface area (Å²) < 4.78 is 16.9. The maximum Gasteiger partial charge on any atom is 0.306 e. The van der Waals surface area contributed by atoms with E-state index >= 15 is 0 Å². The number of hydrogen-bond donors (Lipinski definition) is 0. The number of carbonyl (C=O) groups is 3. The summed E-state index contributed by atoms with van der Waals surface area (Å²) in [6, 6.07) is 0. The topological polar surface area (TPSA) is 78.9 Å². The molecule has 380 valence electrons. The average molecular weight is 914 g/mol. The fourth-order valence-corrected chi connectivity index (χ4v) is 8.33. The lowest BCUT2D eigenvalue weighted by molar-refractivity contribution is -0.167. The van der Waals surface area contributed by atoms with Gasteiger partial charge in [-0.15, -0.1) is 0 Å². The lowest BCUT2D eigenvalue weighted by Crippen LogP contribution is -2.30. The lowest BCUT2D eigenvalue weighted by atomic mass is 10.0. The molecule has 0 bridgehead atoms. The first-order valence-electron chi connectivity index (χ1n) is 28.5. The molecular weight excluding hydrogens is 805 g/mol. The second kappa shape index (κ2) is 54.2. The molecular formula is C59H108O6. The van der Waals surface area contributed by atoms with Crippen LogP contribution in [0, 0.1) is 0 Å². The summed E-state index contributed by atoms with van der Waals surface area (Å²) in [4.78, 5) is 38.1. The van der Waals surface area contributed by atoms with E-state index in [4.69, 9.17) is 14.2 Å². The van der Waals surface area contributed by atoms with Crippen LogP contribution in [0.2, 0.25) is 0 Å². The fourth-order valence-electron chi connectivity index (χ4n) is 8.33. The summed E-state index contributed by atoms with van der Waals surface area (Å²) >= 11 is 0. The van der Waals surface area contributed by atoms with Gasteiger partial charge in [-0.25, -0.2) is 0 Å². The summed E-state index contributed by atoms with van der Waals surface area (Å²) in [6.45, 7) is 6.64. The van der Waals surface area contributed by atoms with Gasteiger partial charge in [-0.2, -0.15) is 0 Å². The van der Waals surface area contributed by atoms with Crippen molar-refractivity contribution < 1.29 is 28.6 Å². The van der Waals surface area contributed by atoms with Crippen LogP contribution in [0.25, 0.3) is 0 Å². The molecule has 65 heavy (non-hydrogen) atoms. The van der Waals surface area contributed by atoms with Crippen molar-refractivity contribution in [1.29, 1.82) is 0 Å². The molecule has 0 aliphatic rings. The van der Waals surface area contributed by atoms with E-state index < -0.39 is 6.10 Å². The monoisotopic (exact) mass is 913 g/mol. The molecule has 0 N–H and O–H groups in total. The van der Waals surface area contributed by atoms with Crippen LogP contribution in [0.5, 0.6) is 0 Å². The molecule has 0 atom stereocenters. The Hall–Kier alpha value is -2.37. The number of unbranched alkanes of at least 4 members (excludes halogenated alkanes) is 35. The van der Waals surface area contributed by atoms with Gasteiger partial charge >= 0.3 is 17.9 Å². The molecule has 0 amide bonds. The minimum atomic E-state index is -0.779. The zero-order valence-corrected chi connectivity index (χ0v) is 43.5. The molecule has 0 aromatic rings. The molecule has 0 saturated carbocycles. The van der Waals surface area contributed by atoms with Crippen molar-refractivity contribution in [1.82, 2.24) is 0 Å². The van der Waals surface area contributed by atoms with Crippen molar-refractivity contribution in [3.63, 3.8) is 0 Å². The van der Waals surface area contributed by atoms with Crippen molar-refractivity contribution in [3.05, 3.63) is 36.5 Å². The third-order valence-corrected chi connectivity index (χ3v) is 12.6. The van der Waals surface area contributed by atoms with Gasteiger partial charge in [0.15, 0.2) is 6.10 Å². The average Bonchev–Trinajstić information content (AvgIpc) is 3.30. The van der Waals surface area contributed by atoms with Crippen molar-refractivity contribution in [2.75, 3.05) is 13.2 Å². The van der Waals surface area contributed by atoms with Crippen molar-refractivity contribution in [3.8, 4) is 0 Å². The SMILES string of the molecule is CCCCC/C=C\C/C=C\C/C=C\CCCCCCC(=O)OC(COC(=O)CCCCCCCCCCCCCCCCC)COC(=O)CCCCCCCCCCCCCCCCC. The highest BCUT2D eigenvalue weighted by Crippen LogP contribution is 2.16. The number of rotatable bonds is 52. The predicted molar refractivity (Wildman–Crippen MR) is 279 cm³/mol. The summed E-state index contributed by atoms with van der Waals surface area (Å²) in [7, 11) is 0. The van der Waals surface area contributed by atoms with Crippen LogP contribution < -0.4 is 0 Å². The first-order chi connectivity index (χ1) is 32.0. The molecule has 0 aromatic carbocycles. The number of allylic oxidation sites excluding steroid dienone is 6. The Bertz CT molecular complexity index is 1040. The third-order valence-electron chi connectivity index (χ3n) is 12.6. The Morgan fingerprint density at radius 3 is 0.892 bits per heavy atom. The van der Waals surface area contributed by atoms with Crippen LogP contribution in [0.4, 0.5) is 0 Å². The van der Waals surface area contributed by atoms with Crippen LogP contribution in [-0.4, -0.2) is 37.2 Å². The standard InChI is InChI=1S/C59H108O6/c1-4-7-10-13-16-19-22-25-28-29-32-35-38-41-44-47-50-53-59(62)65-56(54-63-57(60)51-48-45-42-39-36-33-30-26-23-20-17-14-11-8-5-2)55-64-58(61)52-49-46-43-40-37-34-31-27-24-21-18-15-12-9-6-3/h16,19,25,28,32,35,56H,4-15,17-18,20-24,26-27,29-31,33-34,36-55H2,1-3H3/b19-16-,28-25-,35-32-. The highest BCUT2D eigenvalue weighted by atomic mass is 16.6. The second-order valence-corrected chi connectivity index (χ2v) is 19.2. The van der Waals surface area contributed by atoms with E-state index in [0.717, 1.165) is 83.5 Å². The van der Waals surface area contributed by atoms with E-state index in [9.17, 15) is 14.4 Å². The van der Waals surface area contributed by atoms with Crippen LogP contribution in [0.1, 0.15) is 303 Å². The molecule has 0 rings (SSSR count). The highest BCUT2D eigenvalue weighted by Gasteiger charge is 2.19. The largest absolute Gasteiger partial charge is 0.462 e. The highest BCUT2D eigenvalue weighted by molar-refractivity contribution is 5.71. The molecule has 0 radical (unpaired) electrons. The van der Waals surface area contributed by atoms with Gasteiger partial charge in [-0.3, -0.25) is 14.4 Å². The number of esters is 3. The second-order valence-electron chi connectivity index (χ2n) is 19.2. The van der Waals surface area contributed by atoms with E-state index in [2.05, 4.69) is 57.2 Å². The maximum atomic E-state index is 12.8. The number of ether oxygens (including phenoxy) is 3. The molecule has 0 aromatic heterocycles. The summed E-state index contributed by atoms with van der Waals surface area (Å²) in [5.41, 5.74) is 0. The van der Waals surface area contributed by atoms with E-state index in [1.165, 1.54) is 180 Å². The zero-order valence-electron chi connectivity index (χ0n) is 43.5. The van der Waals surface area contributed by atoms with Gasteiger partial charge in [-0.1, -0.05) is 263 Å². The summed E-state index contributed by atoms with van der Waals surface area (Å²) in [6.07, 6.45) is 64.1. The van der Waals surface area contributed by atoms with Crippen molar-refractivity contribution >= 4 is 17.9 Å². The first-order valence-corrected chi connectivity index (χ1v) is 28.5. The molecule has 6 heteroatoms. The van der Waals surface area contributed by atoms with Gasteiger partial charge in [0.1, 0.15) is 13.2 Å². The molecule has 6 nitrogen and oxygen atoms in total. The van der Waals surface area contributed by atoms with E-state index in [-0.39, 0.29) is 31.1 Å². The Morgan fingerprint density at radius 2 is 0.554 bits per heavy atom. The van der Waals surface area contributed by atoms with Gasteiger partial charge in [0.2, 0.25) is 0 Å². The number of hydrogen-bond acceptors (Lipinski definition) is 6. The summed E-state index contributed by atoms with van der Waals surface area (Å²) in [5, 5.41) is 0. The molecule has 0 saturated heterocycles. The lowest BCUT2D eigenvalue weighted by Gasteiger charge is -2.18. The maximum absolute atomic E-state index is 12.8. The van der Waals surface area contributed by atoms with Gasteiger partial charge in [0, 0.05) is 19.3 Å². The van der Waals surface area contributed by atoms with E-state index in [0.29, 0.717) is 19.3 Å². The normalized spacial score (nSPS) is 11.8. The molecule has 0 spiro atoms. The minimum Gasteiger partial charge on any atom is -0.462 e. The van der Waals surface area contributed by atoms with Gasteiger partial charge in [-0.05, 0) is 57.8 Å². The molecule has 0 aliphatic carbocycles. The van der Waals surface area contributed by atoms with E-state index in [1.54, 1.807) is 0 Å². The Kier molecular flexibility index (Phi) is 52.3. The van der Waals surface area contributed by atoms with Crippen LogP contribution >= 0.6 is 0 Å². The summed E-state index contributed by atoms with van der Waals surface area (Å²) in [5.74, 6) is -0.880. The smallest absolute Gasteiger partial charge is 0.306 e. The van der Waals surface area contributed by atoms with Crippen LogP contribution in [0.3, 0.4) is 0 Å². The molecule has 0 unspecified atom stereocenters. The van der Waals surface area contributed by atoms with Gasteiger partial charge in [0.05, 0.1) is 0 Å². The zero-order chi connectivity index (χ0) is 47.2. The first kappa shape index (κ1) is 62.6. The molecule has 0 fully saturated rings. The fraction of sp³-hybridized carbons (Fsp3) is 0.847. The quantitative estimate of drug-likeness (QED) is 0.0262. The molecule has 0 aliphatic heterocycles.